The third kappa shape index (κ3) is 3.81. The van der Waals surface area contributed by atoms with Gasteiger partial charge in [0, 0.05) is 3.57 Å². The number of rotatable bonds is 1. The SMILES string of the molecule is FC(F)(F)C(Cl)=Nc1ccc(I)cc1Cl. The average molecular weight is 368 g/mol. The summed E-state index contributed by atoms with van der Waals surface area (Å²) in [6.07, 6.45) is -4.64. The molecule has 15 heavy (non-hydrogen) atoms. The summed E-state index contributed by atoms with van der Waals surface area (Å²) in [5, 5.41) is -1.31. The zero-order chi connectivity index (χ0) is 11.6. The predicted molar refractivity (Wildman–Crippen MR) is 63.2 cm³/mol. The lowest BCUT2D eigenvalue weighted by molar-refractivity contribution is -0.0558. The van der Waals surface area contributed by atoms with Gasteiger partial charge in [-0.2, -0.15) is 13.2 Å². The molecular formula is C8H3Cl2F3IN. The summed E-state index contributed by atoms with van der Waals surface area (Å²) in [4.78, 5) is 3.19. The second-order valence-electron chi connectivity index (χ2n) is 2.50. The maximum absolute atomic E-state index is 12.0. The number of halogens is 6. The number of benzene rings is 1. The van der Waals surface area contributed by atoms with Crippen LogP contribution in [-0.2, 0) is 0 Å². The first kappa shape index (κ1) is 13.1. The average Bonchev–Trinajstić information content (AvgIpc) is 2.08. The maximum atomic E-state index is 12.0. The predicted octanol–water partition coefficient (Wildman–Crippen LogP) is 4.78. The van der Waals surface area contributed by atoms with E-state index < -0.39 is 11.3 Å². The fourth-order valence-electron chi connectivity index (χ4n) is 0.741. The summed E-state index contributed by atoms with van der Waals surface area (Å²) in [6.45, 7) is 0. The third-order valence-electron chi connectivity index (χ3n) is 1.36. The van der Waals surface area contributed by atoms with E-state index in [1.807, 2.05) is 22.6 Å². The Morgan fingerprint density at radius 2 is 1.93 bits per heavy atom. The van der Waals surface area contributed by atoms with Crippen molar-refractivity contribution < 1.29 is 13.2 Å². The lowest BCUT2D eigenvalue weighted by atomic mass is 10.3. The fraction of sp³-hybridized carbons (Fsp3) is 0.125. The van der Waals surface area contributed by atoms with Crippen LogP contribution in [0.4, 0.5) is 18.9 Å². The molecular weight excluding hydrogens is 365 g/mol. The van der Waals surface area contributed by atoms with Crippen molar-refractivity contribution in [2.24, 2.45) is 4.99 Å². The monoisotopic (exact) mass is 367 g/mol. The molecule has 0 N–H and O–H groups in total. The normalized spacial score (nSPS) is 13.1. The zero-order valence-corrected chi connectivity index (χ0v) is 10.6. The topological polar surface area (TPSA) is 12.4 Å². The van der Waals surface area contributed by atoms with E-state index >= 15 is 0 Å². The van der Waals surface area contributed by atoms with Gasteiger partial charge in [0.2, 0.25) is 5.17 Å². The summed E-state index contributed by atoms with van der Waals surface area (Å²) in [6, 6.07) is 4.46. The Hall–Kier alpha value is -0.0100. The molecule has 0 atom stereocenters. The molecule has 0 saturated carbocycles. The van der Waals surface area contributed by atoms with Crippen molar-refractivity contribution in [3.63, 3.8) is 0 Å². The van der Waals surface area contributed by atoms with E-state index in [4.69, 9.17) is 23.2 Å². The largest absolute Gasteiger partial charge is 0.444 e. The molecule has 1 rings (SSSR count). The molecule has 82 valence electrons. The third-order valence-corrected chi connectivity index (χ3v) is 2.63. The molecule has 0 amide bonds. The number of nitrogens with zero attached hydrogens (tertiary/aromatic N) is 1. The van der Waals surface area contributed by atoms with Crippen LogP contribution in [0.3, 0.4) is 0 Å². The first-order valence-electron chi connectivity index (χ1n) is 3.57. The van der Waals surface area contributed by atoms with Gasteiger partial charge in [0.15, 0.2) is 0 Å². The van der Waals surface area contributed by atoms with Gasteiger partial charge in [-0.05, 0) is 40.8 Å². The number of hydrogen-bond acceptors (Lipinski definition) is 1. The van der Waals surface area contributed by atoms with Gasteiger partial charge in [-0.15, -0.1) is 0 Å². The highest BCUT2D eigenvalue weighted by Crippen LogP contribution is 2.30. The van der Waals surface area contributed by atoms with Crippen molar-refractivity contribution in [2.45, 2.75) is 6.18 Å². The van der Waals surface area contributed by atoms with E-state index in [2.05, 4.69) is 4.99 Å². The van der Waals surface area contributed by atoms with Gasteiger partial charge in [0.05, 0.1) is 10.7 Å². The fourth-order valence-corrected chi connectivity index (χ4v) is 1.73. The Balaban J connectivity index is 3.09. The minimum Gasteiger partial charge on any atom is -0.231 e. The molecule has 0 radical (unpaired) electrons. The quantitative estimate of drug-likeness (QED) is 0.500. The van der Waals surface area contributed by atoms with Crippen LogP contribution in [0.25, 0.3) is 0 Å². The Morgan fingerprint density at radius 3 is 2.40 bits per heavy atom. The van der Waals surface area contributed by atoms with E-state index in [-0.39, 0.29) is 10.7 Å². The van der Waals surface area contributed by atoms with Crippen molar-refractivity contribution >= 4 is 56.7 Å². The minimum atomic E-state index is -4.64. The molecule has 0 aromatic heterocycles. The van der Waals surface area contributed by atoms with E-state index in [1.165, 1.54) is 12.1 Å². The molecule has 0 heterocycles. The van der Waals surface area contributed by atoms with Crippen molar-refractivity contribution in [1.82, 2.24) is 0 Å². The van der Waals surface area contributed by atoms with E-state index in [0.29, 0.717) is 0 Å². The highest BCUT2D eigenvalue weighted by Gasteiger charge is 2.34. The molecule has 1 aromatic rings. The summed E-state index contributed by atoms with van der Waals surface area (Å²) >= 11 is 12.6. The van der Waals surface area contributed by atoms with Crippen LogP contribution in [0.15, 0.2) is 23.2 Å². The summed E-state index contributed by atoms with van der Waals surface area (Å²) in [7, 11) is 0. The highest BCUT2D eigenvalue weighted by molar-refractivity contribution is 14.1. The number of alkyl halides is 3. The Bertz CT molecular complexity index is 403. The van der Waals surface area contributed by atoms with Crippen LogP contribution in [-0.4, -0.2) is 11.3 Å². The first-order valence-corrected chi connectivity index (χ1v) is 5.40. The van der Waals surface area contributed by atoms with Crippen LogP contribution in [0.5, 0.6) is 0 Å². The molecule has 0 bridgehead atoms. The van der Waals surface area contributed by atoms with Gasteiger partial charge in [-0.25, -0.2) is 4.99 Å². The van der Waals surface area contributed by atoms with Crippen LogP contribution in [0.1, 0.15) is 0 Å². The van der Waals surface area contributed by atoms with Gasteiger partial charge < -0.3 is 0 Å². The summed E-state index contributed by atoms with van der Waals surface area (Å²) < 4.78 is 36.9. The molecule has 0 spiro atoms. The molecule has 1 aromatic carbocycles. The van der Waals surface area contributed by atoms with Crippen LogP contribution in [0.2, 0.25) is 5.02 Å². The highest BCUT2D eigenvalue weighted by atomic mass is 127. The molecule has 7 heteroatoms. The smallest absolute Gasteiger partial charge is 0.231 e. The number of aliphatic imine (C=N–C) groups is 1. The van der Waals surface area contributed by atoms with Crippen molar-refractivity contribution in [1.29, 1.82) is 0 Å². The second kappa shape index (κ2) is 4.88. The second-order valence-corrected chi connectivity index (χ2v) is 4.51. The van der Waals surface area contributed by atoms with Gasteiger partial charge in [0.25, 0.3) is 0 Å². The van der Waals surface area contributed by atoms with Crippen LogP contribution < -0.4 is 0 Å². The van der Waals surface area contributed by atoms with Crippen LogP contribution >= 0.6 is 45.8 Å². The maximum Gasteiger partial charge on any atom is 0.444 e. The van der Waals surface area contributed by atoms with E-state index in [9.17, 15) is 13.2 Å². The standard InChI is InChI=1S/C8H3Cl2F3IN/c9-5-3-4(14)1-2-6(5)15-7(10)8(11,12)13/h1-3H. The molecule has 0 aliphatic heterocycles. The van der Waals surface area contributed by atoms with Crippen LogP contribution in [0, 0.1) is 3.57 Å². The summed E-state index contributed by atoms with van der Waals surface area (Å²) in [5.41, 5.74) is -0.000548. The molecule has 0 aliphatic carbocycles. The molecule has 0 saturated heterocycles. The van der Waals surface area contributed by atoms with Gasteiger partial charge in [-0.1, -0.05) is 23.2 Å². The molecule has 0 fully saturated rings. The first-order chi connectivity index (χ1) is 6.80. The lowest BCUT2D eigenvalue weighted by Crippen LogP contribution is -2.16. The summed E-state index contributed by atoms with van der Waals surface area (Å²) in [5.74, 6) is 0. The van der Waals surface area contributed by atoms with Crippen molar-refractivity contribution in [3.8, 4) is 0 Å². The molecule has 0 unspecified atom stereocenters. The van der Waals surface area contributed by atoms with Crippen molar-refractivity contribution in [3.05, 3.63) is 26.8 Å². The lowest BCUT2D eigenvalue weighted by Gasteiger charge is -2.04. The zero-order valence-electron chi connectivity index (χ0n) is 6.95. The van der Waals surface area contributed by atoms with E-state index in [1.54, 1.807) is 6.07 Å². The molecule has 0 aliphatic rings. The van der Waals surface area contributed by atoms with Crippen molar-refractivity contribution in [2.75, 3.05) is 0 Å². The minimum absolute atomic E-state index is 0.000548. The number of hydrogen-bond donors (Lipinski definition) is 0. The van der Waals surface area contributed by atoms with E-state index in [0.717, 1.165) is 3.57 Å². The Morgan fingerprint density at radius 1 is 1.33 bits per heavy atom. The Labute approximate surface area is 107 Å². The molecule has 1 nitrogen and oxygen atoms in total. The van der Waals surface area contributed by atoms with Gasteiger partial charge in [-0.3, -0.25) is 0 Å². The Kier molecular flexibility index (Phi) is 4.25. The van der Waals surface area contributed by atoms with Gasteiger partial charge >= 0.3 is 6.18 Å². The van der Waals surface area contributed by atoms with Gasteiger partial charge in [0.1, 0.15) is 0 Å².